The summed E-state index contributed by atoms with van der Waals surface area (Å²) in [7, 11) is -3.46. The van der Waals surface area contributed by atoms with Gasteiger partial charge >= 0.3 is 0 Å². The molecule has 6 heteroatoms. The zero-order valence-corrected chi connectivity index (χ0v) is 14.7. The first kappa shape index (κ1) is 17.0. The molecule has 1 N–H and O–H groups in total. The van der Waals surface area contributed by atoms with Crippen molar-refractivity contribution in [3.63, 3.8) is 0 Å². The Bertz CT molecular complexity index is 714. The summed E-state index contributed by atoms with van der Waals surface area (Å²) in [5.41, 5.74) is 1.13. The van der Waals surface area contributed by atoms with E-state index in [1.165, 1.54) is 0 Å². The molecule has 0 fully saturated rings. The molecule has 4 nitrogen and oxygen atoms in total. The molecule has 118 valence electrons. The second-order valence-corrected chi connectivity index (χ2v) is 7.55. The van der Waals surface area contributed by atoms with Gasteiger partial charge in [-0.2, -0.15) is 0 Å². The Morgan fingerprint density at radius 3 is 2.55 bits per heavy atom. The summed E-state index contributed by atoms with van der Waals surface area (Å²) >= 11 is 3.28. The SMILES string of the molecule is Cc1cccc(OCCCNS(=O)(=O)c2ccc(Br)cc2)c1. The molecule has 0 heterocycles. The van der Waals surface area contributed by atoms with Gasteiger partial charge in [0.15, 0.2) is 0 Å². The van der Waals surface area contributed by atoms with Crippen molar-refractivity contribution in [1.82, 2.24) is 4.72 Å². The first-order valence-electron chi connectivity index (χ1n) is 6.92. The maximum Gasteiger partial charge on any atom is 0.240 e. The molecular formula is C16H18BrNO3S. The van der Waals surface area contributed by atoms with Gasteiger partial charge in [0.25, 0.3) is 0 Å². The second-order valence-electron chi connectivity index (χ2n) is 4.87. The minimum Gasteiger partial charge on any atom is -0.494 e. The van der Waals surface area contributed by atoms with Gasteiger partial charge in [-0.3, -0.25) is 0 Å². The predicted octanol–water partition coefficient (Wildman–Crippen LogP) is 3.50. The fourth-order valence-electron chi connectivity index (χ4n) is 1.87. The topological polar surface area (TPSA) is 55.4 Å². The van der Waals surface area contributed by atoms with Crippen LogP contribution in [0.25, 0.3) is 0 Å². The molecule has 0 spiro atoms. The minimum atomic E-state index is -3.46. The first-order valence-corrected chi connectivity index (χ1v) is 9.20. The monoisotopic (exact) mass is 383 g/mol. The normalized spacial score (nSPS) is 11.4. The molecule has 2 rings (SSSR count). The lowest BCUT2D eigenvalue weighted by Gasteiger charge is -2.08. The Kier molecular flexibility index (Phi) is 5.99. The zero-order chi connectivity index (χ0) is 16.0. The third-order valence-corrected chi connectivity index (χ3v) is 5.00. The van der Waals surface area contributed by atoms with Gasteiger partial charge in [0.05, 0.1) is 11.5 Å². The molecule has 2 aromatic carbocycles. The van der Waals surface area contributed by atoms with Crippen LogP contribution in [0.5, 0.6) is 5.75 Å². The first-order chi connectivity index (χ1) is 10.5. The summed E-state index contributed by atoms with van der Waals surface area (Å²) in [5, 5.41) is 0. The highest BCUT2D eigenvalue weighted by Crippen LogP contribution is 2.15. The van der Waals surface area contributed by atoms with Gasteiger partial charge in [0.2, 0.25) is 10.0 Å². The van der Waals surface area contributed by atoms with Crippen molar-refractivity contribution in [2.75, 3.05) is 13.2 Å². The van der Waals surface area contributed by atoms with E-state index in [0.717, 1.165) is 15.8 Å². The van der Waals surface area contributed by atoms with Crippen molar-refractivity contribution in [3.05, 3.63) is 58.6 Å². The van der Waals surface area contributed by atoms with E-state index in [9.17, 15) is 8.42 Å². The summed E-state index contributed by atoms with van der Waals surface area (Å²) in [4.78, 5) is 0.260. The molecule has 0 amide bonds. The van der Waals surface area contributed by atoms with E-state index in [1.54, 1.807) is 24.3 Å². The van der Waals surface area contributed by atoms with E-state index in [1.807, 2.05) is 31.2 Å². The lowest BCUT2D eigenvalue weighted by molar-refractivity contribution is 0.311. The standard InChI is InChI=1S/C16H18BrNO3S/c1-13-4-2-5-15(12-13)21-11-3-10-18-22(19,20)16-8-6-14(17)7-9-16/h2,4-9,12,18H,3,10-11H2,1H3. The lowest BCUT2D eigenvalue weighted by atomic mass is 10.2. The number of benzene rings is 2. The quantitative estimate of drug-likeness (QED) is 0.744. The summed E-state index contributed by atoms with van der Waals surface area (Å²) in [6.45, 7) is 2.80. The number of hydrogen-bond acceptors (Lipinski definition) is 3. The number of hydrogen-bond donors (Lipinski definition) is 1. The van der Waals surface area contributed by atoms with Crippen LogP contribution in [0.3, 0.4) is 0 Å². The molecular weight excluding hydrogens is 366 g/mol. The molecule has 0 radical (unpaired) electrons. The minimum absolute atomic E-state index is 0.260. The van der Waals surface area contributed by atoms with Crippen LogP contribution < -0.4 is 9.46 Å². The lowest BCUT2D eigenvalue weighted by Crippen LogP contribution is -2.25. The van der Waals surface area contributed by atoms with Crippen molar-refractivity contribution in [3.8, 4) is 5.75 Å². The van der Waals surface area contributed by atoms with Gasteiger partial charge in [0.1, 0.15) is 5.75 Å². The molecule has 0 aliphatic heterocycles. The van der Waals surface area contributed by atoms with Crippen LogP contribution in [-0.2, 0) is 10.0 Å². The van der Waals surface area contributed by atoms with Crippen molar-refractivity contribution in [2.45, 2.75) is 18.2 Å². The molecule has 22 heavy (non-hydrogen) atoms. The molecule has 0 aliphatic carbocycles. The highest BCUT2D eigenvalue weighted by molar-refractivity contribution is 9.10. The second kappa shape index (κ2) is 7.76. The molecule has 0 aromatic heterocycles. The molecule has 0 atom stereocenters. The van der Waals surface area contributed by atoms with Crippen LogP contribution in [0.15, 0.2) is 57.9 Å². The smallest absolute Gasteiger partial charge is 0.240 e. The Labute approximate surface area is 139 Å². The third kappa shape index (κ3) is 5.12. The molecule has 0 unspecified atom stereocenters. The van der Waals surface area contributed by atoms with E-state index in [0.29, 0.717) is 19.6 Å². The molecule has 2 aromatic rings. The maximum atomic E-state index is 12.1. The van der Waals surface area contributed by atoms with Crippen molar-refractivity contribution in [2.24, 2.45) is 0 Å². The van der Waals surface area contributed by atoms with Crippen LogP contribution in [-0.4, -0.2) is 21.6 Å². The highest BCUT2D eigenvalue weighted by Gasteiger charge is 2.12. The fraction of sp³-hybridized carbons (Fsp3) is 0.250. The number of nitrogens with one attached hydrogen (secondary N) is 1. The summed E-state index contributed by atoms with van der Waals surface area (Å²) in [6, 6.07) is 14.3. The van der Waals surface area contributed by atoms with Gasteiger partial charge in [-0.1, -0.05) is 28.1 Å². The largest absolute Gasteiger partial charge is 0.494 e. The van der Waals surface area contributed by atoms with Crippen molar-refractivity contribution < 1.29 is 13.2 Å². The Morgan fingerprint density at radius 2 is 1.86 bits per heavy atom. The van der Waals surface area contributed by atoms with E-state index >= 15 is 0 Å². The summed E-state index contributed by atoms with van der Waals surface area (Å²) in [6.07, 6.45) is 0.601. The van der Waals surface area contributed by atoms with Gasteiger partial charge in [-0.15, -0.1) is 0 Å². The van der Waals surface area contributed by atoms with Gasteiger partial charge in [-0.25, -0.2) is 13.1 Å². The predicted molar refractivity (Wildman–Crippen MR) is 90.6 cm³/mol. The fourth-order valence-corrected chi connectivity index (χ4v) is 3.21. The van der Waals surface area contributed by atoms with E-state index < -0.39 is 10.0 Å². The van der Waals surface area contributed by atoms with Crippen LogP contribution >= 0.6 is 15.9 Å². The maximum absolute atomic E-state index is 12.1. The summed E-state index contributed by atoms with van der Waals surface area (Å²) < 4.78 is 33.1. The van der Waals surface area contributed by atoms with E-state index in [-0.39, 0.29) is 4.90 Å². The van der Waals surface area contributed by atoms with Gasteiger partial charge < -0.3 is 4.74 Å². The molecule has 0 saturated carbocycles. The van der Waals surface area contributed by atoms with E-state index in [2.05, 4.69) is 20.7 Å². The van der Waals surface area contributed by atoms with Crippen LogP contribution in [0, 0.1) is 6.92 Å². The number of ether oxygens (including phenoxy) is 1. The number of aryl methyl sites for hydroxylation is 1. The molecule has 0 aliphatic rings. The average Bonchev–Trinajstić information content (AvgIpc) is 2.47. The number of sulfonamides is 1. The van der Waals surface area contributed by atoms with Crippen molar-refractivity contribution in [1.29, 1.82) is 0 Å². The zero-order valence-electron chi connectivity index (χ0n) is 12.3. The van der Waals surface area contributed by atoms with E-state index in [4.69, 9.17) is 4.74 Å². The van der Waals surface area contributed by atoms with Crippen LogP contribution in [0.1, 0.15) is 12.0 Å². The van der Waals surface area contributed by atoms with Gasteiger partial charge in [0, 0.05) is 11.0 Å². The highest BCUT2D eigenvalue weighted by atomic mass is 79.9. The molecule has 0 bridgehead atoms. The molecule has 0 saturated heterocycles. The number of halogens is 1. The number of rotatable bonds is 7. The Balaban J connectivity index is 1.77. The van der Waals surface area contributed by atoms with Crippen LogP contribution in [0.4, 0.5) is 0 Å². The van der Waals surface area contributed by atoms with Gasteiger partial charge in [-0.05, 0) is 55.3 Å². The third-order valence-electron chi connectivity index (χ3n) is 3.00. The Morgan fingerprint density at radius 1 is 1.14 bits per heavy atom. The summed E-state index contributed by atoms with van der Waals surface area (Å²) in [5.74, 6) is 0.802. The van der Waals surface area contributed by atoms with Crippen LogP contribution in [0.2, 0.25) is 0 Å². The Hall–Kier alpha value is -1.37. The van der Waals surface area contributed by atoms with Crippen molar-refractivity contribution >= 4 is 26.0 Å². The average molecular weight is 384 g/mol.